The first kappa shape index (κ1) is 14.4. The second-order valence-electron chi connectivity index (χ2n) is 4.65. The van der Waals surface area contributed by atoms with Crippen LogP contribution in [0.1, 0.15) is 28.4 Å². The maximum atomic E-state index is 12.5. The first-order chi connectivity index (χ1) is 9.29. The van der Waals surface area contributed by atoms with E-state index in [4.69, 9.17) is 5.73 Å². The zero-order valence-electron chi connectivity index (χ0n) is 10.8. The molecule has 0 aliphatic rings. The van der Waals surface area contributed by atoms with Gasteiger partial charge in [0.25, 0.3) is 0 Å². The molecule has 2 aromatic carbocycles. The Balaban J connectivity index is 2.31. The highest BCUT2D eigenvalue weighted by Gasteiger charge is 2.30. The van der Waals surface area contributed by atoms with Crippen molar-refractivity contribution < 1.29 is 18.3 Å². The summed E-state index contributed by atoms with van der Waals surface area (Å²) >= 11 is 0. The zero-order valence-corrected chi connectivity index (χ0v) is 10.8. The predicted molar refractivity (Wildman–Crippen MR) is 71.1 cm³/mol. The van der Waals surface area contributed by atoms with E-state index in [1.807, 2.05) is 6.92 Å². The van der Waals surface area contributed by atoms with E-state index >= 15 is 0 Å². The summed E-state index contributed by atoms with van der Waals surface area (Å²) in [7, 11) is 0. The van der Waals surface area contributed by atoms with Gasteiger partial charge in [-0.1, -0.05) is 24.3 Å². The molecule has 106 valence electrons. The largest absolute Gasteiger partial charge is 0.416 e. The average Bonchev–Trinajstić information content (AvgIpc) is 2.37. The summed E-state index contributed by atoms with van der Waals surface area (Å²) in [6.07, 6.45) is -5.43. The van der Waals surface area contributed by atoms with Gasteiger partial charge >= 0.3 is 6.18 Å². The molecule has 20 heavy (non-hydrogen) atoms. The van der Waals surface area contributed by atoms with Crippen molar-refractivity contribution in [2.45, 2.75) is 19.2 Å². The lowest BCUT2D eigenvalue weighted by Gasteiger charge is -2.15. The zero-order chi connectivity index (χ0) is 14.9. The highest BCUT2D eigenvalue weighted by atomic mass is 19.4. The summed E-state index contributed by atoms with van der Waals surface area (Å²) in [5, 5.41) is 10.2. The van der Waals surface area contributed by atoms with E-state index in [0.29, 0.717) is 16.8 Å². The average molecular weight is 281 g/mol. The number of aryl methyl sites for hydroxylation is 1. The van der Waals surface area contributed by atoms with Crippen molar-refractivity contribution >= 4 is 5.69 Å². The van der Waals surface area contributed by atoms with Crippen molar-refractivity contribution in [2.24, 2.45) is 0 Å². The quantitative estimate of drug-likeness (QED) is 0.825. The summed E-state index contributed by atoms with van der Waals surface area (Å²) in [5.74, 6) is 0. The Labute approximate surface area is 114 Å². The van der Waals surface area contributed by atoms with Crippen LogP contribution in [0.3, 0.4) is 0 Å². The van der Waals surface area contributed by atoms with E-state index < -0.39 is 17.8 Å². The van der Waals surface area contributed by atoms with Crippen molar-refractivity contribution in [3.63, 3.8) is 0 Å². The molecule has 0 aliphatic heterocycles. The number of benzene rings is 2. The van der Waals surface area contributed by atoms with Crippen LogP contribution in [0, 0.1) is 6.92 Å². The number of alkyl halides is 3. The number of nitrogens with two attached hydrogens (primary N) is 1. The fourth-order valence-corrected chi connectivity index (χ4v) is 1.98. The smallest absolute Gasteiger partial charge is 0.398 e. The molecule has 2 rings (SSSR count). The third-order valence-electron chi connectivity index (χ3n) is 3.09. The number of aliphatic hydroxyl groups excluding tert-OH is 1. The van der Waals surface area contributed by atoms with Crippen LogP contribution in [-0.4, -0.2) is 5.11 Å². The molecular formula is C15H14F3NO. The third-order valence-corrected chi connectivity index (χ3v) is 3.09. The lowest BCUT2D eigenvalue weighted by molar-refractivity contribution is -0.137. The van der Waals surface area contributed by atoms with Gasteiger partial charge in [0.05, 0.1) is 5.56 Å². The fourth-order valence-electron chi connectivity index (χ4n) is 1.98. The molecule has 2 nitrogen and oxygen atoms in total. The van der Waals surface area contributed by atoms with E-state index in [2.05, 4.69) is 0 Å². The summed E-state index contributed by atoms with van der Waals surface area (Å²) in [6.45, 7) is 1.87. The van der Waals surface area contributed by atoms with E-state index in [0.717, 1.165) is 17.7 Å². The number of nitrogen functional groups attached to an aromatic ring is 1. The first-order valence-electron chi connectivity index (χ1n) is 6.00. The van der Waals surface area contributed by atoms with Crippen LogP contribution in [0.25, 0.3) is 0 Å². The number of hydrogen-bond acceptors (Lipinski definition) is 2. The molecular weight excluding hydrogens is 267 g/mol. The van der Waals surface area contributed by atoms with Crippen molar-refractivity contribution in [3.05, 3.63) is 64.7 Å². The Morgan fingerprint density at radius 3 is 2.15 bits per heavy atom. The van der Waals surface area contributed by atoms with Gasteiger partial charge in [-0.3, -0.25) is 0 Å². The minimum absolute atomic E-state index is 0.369. The number of anilines is 1. The second kappa shape index (κ2) is 5.17. The minimum atomic E-state index is -4.38. The monoisotopic (exact) mass is 281 g/mol. The molecule has 0 fully saturated rings. The molecule has 0 amide bonds. The molecule has 0 aliphatic carbocycles. The topological polar surface area (TPSA) is 46.2 Å². The Kier molecular flexibility index (Phi) is 3.72. The van der Waals surface area contributed by atoms with Crippen LogP contribution < -0.4 is 5.73 Å². The van der Waals surface area contributed by atoms with E-state index in [9.17, 15) is 18.3 Å². The minimum Gasteiger partial charge on any atom is -0.398 e. The SMILES string of the molecule is Cc1ccc(C(O)c2ccc(C(F)(F)F)cc2)c(N)c1. The molecule has 0 saturated heterocycles. The molecule has 0 radical (unpaired) electrons. The second-order valence-corrected chi connectivity index (χ2v) is 4.65. The summed E-state index contributed by atoms with van der Waals surface area (Å²) in [5.41, 5.74) is 7.29. The number of rotatable bonds is 2. The molecule has 1 atom stereocenters. The number of halogens is 3. The van der Waals surface area contributed by atoms with Crippen LogP contribution in [-0.2, 0) is 6.18 Å². The van der Waals surface area contributed by atoms with E-state index in [1.165, 1.54) is 12.1 Å². The van der Waals surface area contributed by atoms with Gasteiger partial charge in [0, 0.05) is 11.3 Å². The van der Waals surface area contributed by atoms with Gasteiger partial charge in [-0.05, 0) is 36.2 Å². The Hall–Kier alpha value is -2.01. The van der Waals surface area contributed by atoms with Crippen molar-refractivity contribution in [2.75, 3.05) is 5.73 Å². The number of aliphatic hydroxyl groups is 1. The number of hydrogen-bond donors (Lipinski definition) is 2. The molecule has 2 aromatic rings. The lowest BCUT2D eigenvalue weighted by atomic mass is 9.98. The van der Waals surface area contributed by atoms with Crippen molar-refractivity contribution in [1.82, 2.24) is 0 Å². The van der Waals surface area contributed by atoms with E-state index in [1.54, 1.807) is 18.2 Å². The van der Waals surface area contributed by atoms with Crippen LogP contribution in [0.4, 0.5) is 18.9 Å². The molecule has 1 unspecified atom stereocenters. The van der Waals surface area contributed by atoms with Gasteiger partial charge in [0.2, 0.25) is 0 Å². The highest BCUT2D eigenvalue weighted by Crippen LogP contribution is 2.32. The molecule has 0 spiro atoms. The van der Waals surface area contributed by atoms with Gasteiger partial charge in [-0.25, -0.2) is 0 Å². The van der Waals surface area contributed by atoms with Gasteiger partial charge < -0.3 is 10.8 Å². The molecule has 3 N–H and O–H groups in total. The molecule has 5 heteroatoms. The van der Waals surface area contributed by atoms with Gasteiger partial charge in [-0.15, -0.1) is 0 Å². The van der Waals surface area contributed by atoms with Gasteiger partial charge in [-0.2, -0.15) is 13.2 Å². The summed E-state index contributed by atoms with van der Waals surface area (Å²) < 4.78 is 37.4. The highest BCUT2D eigenvalue weighted by molar-refractivity contribution is 5.52. The van der Waals surface area contributed by atoms with Crippen LogP contribution >= 0.6 is 0 Å². The normalized spacial score (nSPS) is 13.2. The van der Waals surface area contributed by atoms with E-state index in [-0.39, 0.29) is 0 Å². The van der Waals surface area contributed by atoms with Crippen LogP contribution in [0.2, 0.25) is 0 Å². The van der Waals surface area contributed by atoms with Gasteiger partial charge in [0.1, 0.15) is 6.10 Å². The maximum absolute atomic E-state index is 12.5. The molecule has 0 saturated carbocycles. The predicted octanol–water partition coefficient (Wildman–Crippen LogP) is 3.68. The third kappa shape index (κ3) is 2.93. The lowest BCUT2D eigenvalue weighted by Crippen LogP contribution is -2.07. The first-order valence-corrected chi connectivity index (χ1v) is 6.00. The fraction of sp³-hybridized carbons (Fsp3) is 0.200. The van der Waals surface area contributed by atoms with Crippen LogP contribution in [0.15, 0.2) is 42.5 Å². The Morgan fingerprint density at radius 2 is 1.65 bits per heavy atom. The molecule has 0 bridgehead atoms. The standard InChI is InChI=1S/C15H14F3NO/c1-9-2-7-12(13(19)8-9)14(20)10-3-5-11(6-4-10)15(16,17)18/h2-8,14,20H,19H2,1H3. The van der Waals surface area contributed by atoms with Crippen molar-refractivity contribution in [1.29, 1.82) is 0 Å². The van der Waals surface area contributed by atoms with Crippen molar-refractivity contribution in [3.8, 4) is 0 Å². The Bertz CT molecular complexity index is 606. The molecule has 0 aromatic heterocycles. The summed E-state index contributed by atoms with van der Waals surface area (Å²) in [4.78, 5) is 0. The maximum Gasteiger partial charge on any atom is 0.416 e. The summed E-state index contributed by atoms with van der Waals surface area (Å²) in [6, 6.07) is 9.58. The van der Waals surface area contributed by atoms with Crippen LogP contribution in [0.5, 0.6) is 0 Å². The van der Waals surface area contributed by atoms with Gasteiger partial charge in [0.15, 0.2) is 0 Å². The Morgan fingerprint density at radius 1 is 1.05 bits per heavy atom. The molecule has 0 heterocycles.